The van der Waals surface area contributed by atoms with Crippen LogP contribution in [0.15, 0.2) is 72.8 Å². The topological polar surface area (TPSA) is 36.9 Å². The fourth-order valence-corrected chi connectivity index (χ4v) is 6.38. The summed E-state index contributed by atoms with van der Waals surface area (Å²) in [6.07, 6.45) is 0.891. The van der Waals surface area contributed by atoms with E-state index in [1.807, 2.05) is 62.4 Å². The predicted molar refractivity (Wildman–Crippen MR) is 165 cm³/mol. The van der Waals surface area contributed by atoms with Crippen molar-refractivity contribution < 1.29 is 18.1 Å². The number of hydrogen-bond donors (Lipinski definition) is 0. The summed E-state index contributed by atoms with van der Waals surface area (Å²) in [5, 5.41) is 0. The lowest BCUT2D eigenvalue weighted by molar-refractivity contribution is 0.497. The molecule has 0 radical (unpaired) electrons. The van der Waals surface area contributed by atoms with E-state index in [0.29, 0.717) is 0 Å². The van der Waals surface area contributed by atoms with E-state index in [-0.39, 0.29) is 24.0 Å². The van der Waals surface area contributed by atoms with E-state index in [4.69, 9.17) is 18.1 Å². The molecule has 4 aromatic rings. The first-order chi connectivity index (χ1) is 18.8. The van der Waals surface area contributed by atoms with E-state index in [1.54, 1.807) is 0 Å². The second-order valence-electron chi connectivity index (χ2n) is 10.1. The molecular weight excluding hydrogens is 522 g/mol. The van der Waals surface area contributed by atoms with Crippen LogP contribution in [0.5, 0.6) is 23.0 Å². The average molecular weight is 561 g/mol. The molecule has 0 saturated heterocycles. The molecule has 0 bridgehead atoms. The molecule has 0 aliphatic rings. The van der Waals surface area contributed by atoms with E-state index in [9.17, 15) is 0 Å². The van der Waals surface area contributed by atoms with Crippen LogP contribution in [0.3, 0.4) is 0 Å². The molecule has 0 amide bonds. The zero-order chi connectivity index (χ0) is 27.9. The second kappa shape index (κ2) is 13.3. The lowest BCUT2D eigenvalue weighted by atomic mass is 9.84. The Kier molecular flexibility index (Phi) is 9.89. The molecule has 0 saturated carbocycles. The first kappa shape index (κ1) is 28.9. The summed E-state index contributed by atoms with van der Waals surface area (Å²) in [6.45, 7) is 14.8. The highest BCUT2D eigenvalue weighted by atomic mass is 31.1. The SMILES string of the molecule is CCC(c1cc(C)cc(C)c1OPOc1ccccc1C)c1cc(C)cc(C)c1OPOc1ccccc1C. The fourth-order valence-electron chi connectivity index (χ4n) is 4.93. The summed E-state index contributed by atoms with van der Waals surface area (Å²) in [5.74, 6) is 3.52. The summed E-state index contributed by atoms with van der Waals surface area (Å²) in [5.41, 5.74) is 9.07. The number of para-hydroxylation sites is 2. The standard InChI is InChI=1S/C33H38O4P2/c1-8-27(28-19-21(2)17-25(6)32(28)36-38-34-30-15-11-9-13-23(30)4)29-20-22(3)18-26(7)33(29)37-39-35-31-16-12-10-14-24(31)5/h9-20,27,38-39H,8H2,1-7H3. The molecule has 0 heterocycles. The molecule has 204 valence electrons. The van der Waals surface area contributed by atoms with Crippen LogP contribution in [0.4, 0.5) is 0 Å². The van der Waals surface area contributed by atoms with E-state index in [1.165, 1.54) is 11.1 Å². The first-order valence-electron chi connectivity index (χ1n) is 13.3. The Bertz CT molecular complexity index is 1330. The smallest absolute Gasteiger partial charge is 0.275 e. The van der Waals surface area contributed by atoms with Crippen molar-refractivity contribution >= 4 is 18.1 Å². The highest BCUT2D eigenvalue weighted by Gasteiger charge is 2.24. The van der Waals surface area contributed by atoms with Gasteiger partial charge in [-0.05, 0) is 82.3 Å². The second-order valence-corrected chi connectivity index (χ2v) is 11.2. The van der Waals surface area contributed by atoms with Crippen LogP contribution in [0, 0.1) is 41.5 Å². The minimum atomic E-state index is -0.150. The van der Waals surface area contributed by atoms with Crippen molar-refractivity contribution in [2.45, 2.75) is 60.8 Å². The average Bonchev–Trinajstić information content (AvgIpc) is 2.89. The minimum absolute atomic E-state index is 0.0822. The minimum Gasteiger partial charge on any atom is -0.440 e. The normalized spacial score (nSPS) is 12.3. The van der Waals surface area contributed by atoms with Gasteiger partial charge in [0.2, 0.25) is 0 Å². The van der Waals surface area contributed by atoms with Gasteiger partial charge in [-0.3, -0.25) is 0 Å². The zero-order valence-corrected chi connectivity index (χ0v) is 25.8. The van der Waals surface area contributed by atoms with Crippen molar-refractivity contribution in [1.82, 2.24) is 0 Å². The van der Waals surface area contributed by atoms with Gasteiger partial charge in [0.25, 0.3) is 18.1 Å². The summed E-state index contributed by atoms with van der Waals surface area (Å²) in [7, 11) is -0.299. The molecule has 6 heteroatoms. The number of hydrogen-bond acceptors (Lipinski definition) is 4. The van der Waals surface area contributed by atoms with Gasteiger partial charge in [0, 0.05) is 17.0 Å². The largest absolute Gasteiger partial charge is 0.440 e. The van der Waals surface area contributed by atoms with Crippen molar-refractivity contribution in [3.8, 4) is 23.0 Å². The molecule has 0 fully saturated rings. The molecule has 4 nitrogen and oxygen atoms in total. The van der Waals surface area contributed by atoms with Gasteiger partial charge in [0.05, 0.1) is 0 Å². The Morgan fingerprint density at radius 2 is 0.949 bits per heavy atom. The van der Waals surface area contributed by atoms with Crippen molar-refractivity contribution in [2.24, 2.45) is 0 Å². The Labute approximate surface area is 237 Å². The van der Waals surface area contributed by atoms with Crippen LogP contribution in [-0.2, 0) is 0 Å². The molecule has 0 aliphatic heterocycles. The van der Waals surface area contributed by atoms with Gasteiger partial charge < -0.3 is 18.1 Å². The molecule has 0 aromatic heterocycles. The molecule has 2 atom stereocenters. The highest BCUT2D eigenvalue weighted by Crippen LogP contribution is 2.45. The Morgan fingerprint density at radius 1 is 0.538 bits per heavy atom. The third-order valence-electron chi connectivity index (χ3n) is 6.83. The lowest BCUT2D eigenvalue weighted by Crippen LogP contribution is -2.07. The summed E-state index contributed by atoms with van der Waals surface area (Å²) >= 11 is 0. The molecule has 39 heavy (non-hydrogen) atoms. The quantitative estimate of drug-likeness (QED) is 0.171. The lowest BCUT2D eigenvalue weighted by Gasteiger charge is -2.25. The third-order valence-corrected chi connectivity index (χ3v) is 8.01. The third kappa shape index (κ3) is 7.13. The Morgan fingerprint density at radius 3 is 1.33 bits per heavy atom. The predicted octanol–water partition coefficient (Wildman–Crippen LogP) is 10.0. The van der Waals surface area contributed by atoms with Crippen molar-refractivity contribution in [3.05, 3.63) is 117 Å². The van der Waals surface area contributed by atoms with Crippen LogP contribution in [0.25, 0.3) is 0 Å². The number of benzene rings is 4. The van der Waals surface area contributed by atoms with Crippen molar-refractivity contribution in [3.63, 3.8) is 0 Å². The first-order valence-corrected chi connectivity index (χ1v) is 14.9. The van der Waals surface area contributed by atoms with Gasteiger partial charge in [-0.1, -0.05) is 78.7 Å². The van der Waals surface area contributed by atoms with Crippen LogP contribution in [0.1, 0.15) is 63.8 Å². The van der Waals surface area contributed by atoms with Gasteiger partial charge in [0.1, 0.15) is 23.0 Å². The summed E-state index contributed by atoms with van der Waals surface area (Å²) in [4.78, 5) is 0. The van der Waals surface area contributed by atoms with E-state index >= 15 is 0 Å². The van der Waals surface area contributed by atoms with Crippen LogP contribution in [-0.4, -0.2) is 0 Å². The zero-order valence-electron chi connectivity index (χ0n) is 23.8. The molecule has 4 aromatic carbocycles. The van der Waals surface area contributed by atoms with Gasteiger partial charge in [-0.15, -0.1) is 0 Å². The van der Waals surface area contributed by atoms with Crippen LogP contribution in [0.2, 0.25) is 0 Å². The number of aryl methyl sites for hydroxylation is 6. The molecule has 0 N–H and O–H groups in total. The summed E-state index contributed by atoms with van der Waals surface area (Å²) < 4.78 is 24.8. The maximum Gasteiger partial charge on any atom is 0.275 e. The fraction of sp³-hybridized carbons (Fsp3) is 0.273. The van der Waals surface area contributed by atoms with Gasteiger partial charge in [-0.25, -0.2) is 0 Å². The van der Waals surface area contributed by atoms with E-state index in [2.05, 4.69) is 58.9 Å². The monoisotopic (exact) mass is 560 g/mol. The maximum atomic E-state index is 6.38. The molecule has 2 unspecified atom stereocenters. The summed E-state index contributed by atoms with van der Waals surface area (Å²) in [6, 6.07) is 24.8. The van der Waals surface area contributed by atoms with Crippen LogP contribution < -0.4 is 18.1 Å². The van der Waals surface area contributed by atoms with Gasteiger partial charge in [-0.2, -0.15) is 0 Å². The highest BCUT2D eigenvalue weighted by molar-refractivity contribution is 7.27. The Hall–Kier alpha value is -3.06. The number of rotatable bonds is 11. The van der Waals surface area contributed by atoms with Crippen molar-refractivity contribution in [2.75, 3.05) is 0 Å². The van der Waals surface area contributed by atoms with Crippen LogP contribution >= 0.6 is 18.1 Å². The van der Waals surface area contributed by atoms with Crippen molar-refractivity contribution in [1.29, 1.82) is 0 Å². The molecular formula is C33H38O4P2. The molecule has 4 rings (SSSR count). The molecule has 0 aliphatic carbocycles. The maximum absolute atomic E-state index is 6.38. The molecule has 0 spiro atoms. The Balaban J connectivity index is 1.64. The van der Waals surface area contributed by atoms with Gasteiger partial charge >= 0.3 is 0 Å². The van der Waals surface area contributed by atoms with E-state index < -0.39 is 0 Å². The van der Waals surface area contributed by atoms with E-state index in [0.717, 1.165) is 62.8 Å². The van der Waals surface area contributed by atoms with Gasteiger partial charge in [0.15, 0.2) is 0 Å².